The van der Waals surface area contributed by atoms with Crippen LogP contribution in [0.1, 0.15) is 20.8 Å². The highest BCUT2D eigenvalue weighted by Crippen LogP contribution is 2.34. The van der Waals surface area contributed by atoms with Gasteiger partial charge in [-0.15, -0.1) is 6.58 Å². The molecule has 0 aliphatic carbocycles. The van der Waals surface area contributed by atoms with E-state index in [1.807, 2.05) is 6.21 Å². The molecule has 1 N–H and O–H groups in total. The second kappa shape index (κ2) is 8.63. The molecule has 1 heterocycles. The second-order valence-electron chi connectivity index (χ2n) is 5.57. The number of ether oxygens (including phenoxy) is 2. The largest absolute Gasteiger partial charge is 0.481 e. The smallest absolute Gasteiger partial charge is 0.220 e. The molecule has 1 aromatic rings. The summed E-state index contributed by atoms with van der Waals surface area (Å²) in [6.07, 6.45) is 3.62. The molecule has 1 atom stereocenters. The quantitative estimate of drug-likeness (QED) is 0.198. The summed E-state index contributed by atoms with van der Waals surface area (Å²) in [6.45, 7) is 10.7. The van der Waals surface area contributed by atoms with Gasteiger partial charge in [0.2, 0.25) is 11.8 Å². The van der Waals surface area contributed by atoms with E-state index in [2.05, 4.69) is 47.8 Å². The fourth-order valence-corrected chi connectivity index (χ4v) is 2.42. The number of thioether (sulfide) groups is 1. The van der Waals surface area contributed by atoms with E-state index in [1.165, 1.54) is 11.8 Å². The third kappa shape index (κ3) is 5.93. The van der Waals surface area contributed by atoms with E-state index in [0.717, 1.165) is 0 Å². The third-order valence-corrected chi connectivity index (χ3v) is 4.18. The topological polar surface area (TPSA) is 68.6 Å². The highest BCUT2D eigenvalue weighted by molar-refractivity contribution is 8.00. The molecule has 1 unspecified atom stereocenters. The monoisotopic (exact) mass is 324 g/mol. The van der Waals surface area contributed by atoms with Gasteiger partial charge in [0.05, 0.1) is 32.1 Å². The second-order valence-corrected chi connectivity index (χ2v) is 6.68. The predicted octanol–water partition coefficient (Wildman–Crippen LogP) is 2.76. The van der Waals surface area contributed by atoms with E-state index >= 15 is 0 Å². The number of hydrogen-bond donors (Lipinski definition) is 1. The summed E-state index contributed by atoms with van der Waals surface area (Å²) in [5.41, 5.74) is 2.91. The zero-order valence-corrected chi connectivity index (χ0v) is 14.6. The van der Waals surface area contributed by atoms with Crippen molar-refractivity contribution in [3.8, 4) is 11.8 Å². The van der Waals surface area contributed by atoms with Crippen LogP contribution in [0, 0.1) is 5.41 Å². The van der Waals surface area contributed by atoms with Crippen molar-refractivity contribution in [2.75, 3.05) is 20.8 Å². The molecule has 0 saturated heterocycles. The average Bonchev–Trinajstić information content (AvgIpc) is 2.48. The molecule has 7 heteroatoms. The van der Waals surface area contributed by atoms with Crippen LogP contribution in [0.15, 0.2) is 29.0 Å². The first kappa shape index (κ1) is 18.3. The molecule has 0 saturated carbocycles. The van der Waals surface area contributed by atoms with E-state index in [9.17, 15) is 0 Å². The number of aromatic nitrogens is 2. The molecule has 0 aliphatic heterocycles. The van der Waals surface area contributed by atoms with Crippen molar-refractivity contribution in [1.82, 2.24) is 15.4 Å². The first-order valence-electron chi connectivity index (χ1n) is 6.91. The Morgan fingerprint density at radius 1 is 1.32 bits per heavy atom. The number of hydrogen-bond acceptors (Lipinski definition) is 7. The van der Waals surface area contributed by atoms with E-state index < -0.39 is 0 Å². The molecular formula is C15H24N4O2S. The summed E-state index contributed by atoms with van der Waals surface area (Å²) >= 11 is 1.52. The molecule has 0 fully saturated rings. The minimum Gasteiger partial charge on any atom is -0.481 e. The van der Waals surface area contributed by atoms with Gasteiger partial charge < -0.3 is 14.9 Å². The Hall–Kier alpha value is -1.76. The summed E-state index contributed by atoms with van der Waals surface area (Å²) in [7, 11) is 3.14. The lowest BCUT2D eigenvalue weighted by atomic mass is 9.92. The van der Waals surface area contributed by atoms with Gasteiger partial charge >= 0.3 is 0 Å². The molecule has 122 valence electrons. The highest BCUT2D eigenvalue weighted by atomic mass is 32.2. The maximum absolute atomic E-state index is 5.18. The summed E-state index contributed by atoms with van der Waals surface area (Å²) < 4.78 is 10.4. The third-order valence-electron chi connectivity index (χ3n) is 2.70. The van der Waals surface area contributed by atoms with Crippen LogP contribution in [0.2, 0.25) is 0 Å². The maximum Gasteiger partial charge on any atom is 0.220 e. The first-order chi connectivity index (χ1) is 10.4. The van der Waals surface area contributed by atoms with Gasteiger partial charge in [0.15, 0.2) is 5.16 Å². The van der Waals surface area contributed by atoms with Crippen molar-refractivity contribution >= 4 is 18.0 Å². The van der Waals surface area contributed by atoms with Crippen LogP contribution in [0.25, 0.3) is 0 Å². The summed E-state index contributed by atoms with van der Waals surface area (Å²) in [6, 6.07) is 1.65. The van der Waals surface area contributed by atoms with Crippen LogP contribution in [0.4, 0.5) is 0 Å². The van der Waals surface area contributed by atoms with Gasteiger partial charge in [0, 0.05) is 6.21 Å². The van der Waals surface area contributed by atoms with Crippen molar-refractivity contribution in [3.63, 3.8) is 0 Å². The van der Waals surface area contributed by atoms with Gasteiger partial charge in [-0.1, -0.05) is 38.6 Å². The van der Waals surface area contributed by atoms with Crippen molar-refractivity contribution in [3.05, 3.63) is 18.7 Å². The summed E-state index contributed by atoms with van der Waals surface area (Å²) in [5.74, 6) is 0.951. The Morgan fingerprint density at radius 3 is 2.36 bits per heavy atom. The van der Waals surface area contributed by atoms with Crippen LogP contribution in [-0.4, -0.2) is 42.2 Å². The van der Waals surface area contributed by atoms with Crippen molar-refractivity contribution in [2.45, 2.75) is 31.2 Å². The zero-order valence-electron chi connectivity index (χ0n) is 13.8. The molecule has 0 radical (unpaired) electrons. The molecule has 0 spiro atoms. The molecule has 0 aromatic carbocycles. The van der Waals surface area contributed by atoms with Gasteiger partial charge in [-0.05, 0) is 5.41 Å². The molecular weight excluding hydrogens is 300 g/mol. The number of methoxy groups -OCH3 is 2. The normalized spacial score (nSPS) is 13.0. The Balaban J connectivity index is 2.93. The summed E-state index contributed by atoms with van der Waals surface area (Å²) in [4.78, 5) is 8.70. The Kier molecular flexibility index (Phi) is 7.17. The fourth-order valence-electron chi connectivity index (χ4n) is 1.43. The van der Waals surface area contributed by atoms with Crippen molar-refractivity contribution in [1.29, 1.82) is 0 Å². The molecule has 0 aliphatic rings. The molecule has 0 bridgehead atoms. The Morgan fingerprint density at radius 2 is 1.91 bits per heavy atom. The molecule has 1 rings (SSSR count). The number of hydrazone groups is 1. The molecule has 6 nitrogen and oxygen atoms in total. The van der Waals surface area contributed by atoms with E-state index in [4.69, 9.17) is 9.47 Å². The van der Waals surface area contributed by atoms with Gasteiger partial charge in [0.1, 0.15) is 0 Å². The minimum absolute atomic E-state index is 0.0102. The number of rotatable bonds is 8. The van der Waals surface area contributed by atoms with Crippen molar-refractivity contribution in [2.24, 2.45) is 10.5 Å². The Labute approximate surface area is 136 Å². The fraction of sp³-hybridized carbons (Fsp3) is 0.533. The number of nitrogens with one attached hydrogen (secondary N) is 1. The zero-order chi connectivity index (χ0) is 16.6. The molecule has 22 heavy (non-hydrogen) atoms. The van der Waals surface area contributed by atoms with Gasteiger partial charge in [-0.3, -0.25) is 0 Å². The predicted molar refractivity (Wildman–Crippen MR) is 90.9 cm³/mol. The lowest BCUT2D eigenvalue weighted by molar-refractivity contribution is 0.364. The minimum atomic E-state index is -0.0102. The van der Waals surface area contributed by atoms with Gasteiger partial charge in [-0.25, -0.2) is 0 Å². The standard InChI is InChI=1S/C15H24N4O2S/c1-7-8-16-17-10-11(15(2,3)4)22-14-18-12(20-5)9-13(19-14)21-6/h7,9-11,16H,1,8H2,2-6H3. The highest BCUT2D eigenvalue weighted by Gasteiger charge is 2.26. The molecule has 1 aromatic heterocycles. The maximum atomic E-state index is 5.18. The van der Waals surface area contributed by atoms with Gasteiger partial charge in [0.25, 0.3) is 0 Å². The van der Waals surface area contributed by atoms with Crippen LogP contribution >= 0.6 is 11.8 Å². The lowest BCUT2D eigenvalue weighted by Crippen LogP contribution is -2.26. The van der Waals surface area contributed by atoms with Gasteiger partial charge in [-0.2, -0.15) is 15.1 Å². The van der Waals surface area contributed by atoms with Crippen LogP contribution < -0.4 is 14.9 Å². The SMILES string of the molecule is C=CCNN=CC(Sc1nc(OC)cc(OC)n1)C(C)(C)C. The van der Waals surface area contributed by atoms with Crippen LogP contribution in [0.3, 0.4) is 0 Å². The summed E-state index contributed by atoms with van der Waals surface area (Å²) in [5, 5.41) is 4.90. The molecule has 0 amide bonds. The van der Waals surface area contributed by atoms with E-state index in [1.54, 1.807) is 26.4 Å². The van der Waals surface area contributed by atoms with E-state index in [-0.39, 0.29) is 10.7 Å². The average molecular weight is 324 g/mol. The van der Waals surface area contributed by atoms with Crippen LogP contribution in [0.5, 0.6) is 11.8 Å². The van der Waals surface area contributed by atoms with Crippen molar-refractivity contribution < 1.29 is 9.47 Å². The first-order valence-corrected chi connectivity index (χ1v) is 7.79. The number of nitrogens with zero attached hydrogens (tertiary/aromatic N) is 3. The lowest BCUT2D eigenvalue weighted by Gasteiger charge is -2.26. The van der Waals surface area contributed by atoms with E-state index in [0.29, 0.717) is 23.5 Å². The Bertz CT molecular complexity index is 493. The van der Waals surface area contributed by atoms with Crippen LogP contribution in [-0.2, 0) is 0 Å².